The van der Waals surface area contributed by atoms with Crippen LogP contribution in [0.3, 0.4) is 0 Å². The number of rotatable bonds is 6. The number of hydrogen-bond acceptors (Lipinski definition) is 3. The number of nitrogens with one attached hydrogen (secondary N) is 1. The van der Waals surface area contributed by atoms with Crippen LogP contribution in [0.5, 0.6) is 0 Å². The Kier molecular flexibility index (Phi) is 6.19. The molecule has 1 aromatic carbocycles. The Morgan fingerprint density at radius 1 is 1.17 bits per heavy atom. The van der Waals surface area contributed by atoms with Crippen LogP contribution in [-0.4, -0.2) is 29.3 Å². The lowest BCUT2D eigenvalue weighted by atomic mass is 9.72. The molecule has 5 nitrogen and oxygen atoms in total. The van der Waals surface area contributed by atoms with Crippen molar-refractivity contribution in [1.29, 1.82) is 0 Å². The van der Waals surface area contributed by atoms with E-state index in [1.165, 1.54) is 0 Å². The maximum Gasteiger partial charge on any atom is 0.407 e. The van der Waals surface area contributed by atoms with Gasteiger partial charge in [-0.3, -0.25) is 4.79 Å². The first-order valence-corrected chi connectivity index (χ1v) is 7.81. The molecular weight excluding hydrogens is 294 g/mol. The smallest absolute Gasteiger partial charge is 0.407 e. The molecule has 0 fully saturated rings. The molecule has 0 aliphatic heterocycles. The Bertz CT molecular complexity index is 534. The van der Waals surface area contributed by atoms with Crippen LogP contribution in [0, 0.1) is 11.3 Å². The summed E-state index contributed by atoms with van der Waals surface area (Å²) < 4.78 is 5.20. The summed E-state index contributed by atoms with van der Waals surface area (Å²) in [5, 5.41) is 12.4. The van der Waals surface area contributed by atoms with Gasteiger partial charge in [0.1, 0.15) is 5.60 Å². The fraction of sp³-hybridized carbons (Fsp3) is 0.556. The first kappa shape index (κ1) is 19.0. The van der Waals surface area contributed by atoms with Gasteiger partial charge in [-0.2, -0.15) is 0 Å². The third-order valence-corrected chi connectivity index (χ3v) is 3.84. The second-order valence-electron chi connectivity index (χ2n) is 7.13. The van der Waals surface area contributed by atoms with Crippen LogP contribution in [0.15, 0.2) is 30.3 Å². The normalized spacial score (nSPS) is 14.2. The van der Waals surface area contributed by atoms with E-state index in [-0.39, 0.29) is 12.5 Å². The van der Waals surface area contributed by atoms with Gasteiger partial charge in [0.05, 0.1) is 5.41 Å². The zero-order valence-corrected chi connectivity index (χ0v) is 14.6. The Morgan fingerprint density at radius 3 is 2.17 bits per heavy atom. The molecule has 0 aliphatic carbocycles. The molecule has 0 spiro atoms. The quantitative estimate of drug-likeness (QED) is 0.841. The van der Waals surface area contributed by atoms with E-state index >= 15 is 0 Å². The third kappa shape index (κ3) is 5.58. The topological polar surface area (TPSA) is 75.6 Å². The van der Waals surface area contributed by atoms with Gasteiger partial charge in [0.15, 0.2) is 0 Å². The van der Waals surface area contributed by atoms with Crippen LogP contribution in [0.2, 0.25) is 0 Å². The highest BCUT2D eigenvalue weighted by molar-refractivity contribution is 5.77. The van der Waals surface area contributed by atoms with E-state index in [0.29, 0.717) is 6.42 Å². The minimum atomic E-state index is -1.09. The summed E-state index contributed by atoms with van der Waals surface area (Å²) in [6.45, 7) is 9.03. The van der Waals surface area contributed by atoms with Gasteiger partial charge in [0.25, 0.3) is 0 Å². The van der Waals surface area contributed by atoms with Gasteiger partial charge >= 0.3 is 12.1 Å². The molecule has 1 amide bonds. The van der Waals surface area contributed by atoms with Crippen molar-refractivity contribution in [3.63, 3.8) is 0 Å². The maximum absolute atomic E-state index is 12.0. The number of benzene rings is 1. The monoisotopic (exact) mass is 321 g/mol. The molecule has 5 heteroatoms. The number of carboxylic acids is 1. The van der Waals surface area contributed by atoms with Crippen molar-refractivity contribution < 1.29 is 19.4 Å². The van der Waals surface area contributed by atoms with Crippen LogP contribution in [0.1, 0.15) is 40.2 Å². The summed E-state index contributed by atoms with van der Waals surface area (Å²) in [6, 6.07) is 9.44. The van der Waals surface area contributed by atoms with Crippen LogP contribution >= 0.6 is 0 Å². The highest BCUT2D eigenvalue weighted by atomic mass is 16.6. The van der Waals surface area contributed by atoms with Gasteiger partial charge < -0.3 is 15.2 Å². The third-order valence-electron chi connectivity index (χ3n) is 3.84. The molecule has 128 valence electrons. The van der Waals surface area contributed by atoms with Crippen molar-refractivity contribution in [3.8, 4) is 0 Å². The van der Waals surface area contributed by atoms with Crippen LogP contribution in [0.25, 0.3) is 0 Å². The Hall–Kier alpha value is -2.04. The molecule has 2 N–H and O–H groups in total. The minimum Gasteiger partial charge on any atom is -0.481 e. The molecular formula is C18H27NO4. The van der Waals surface area contributed by atoms with Crippen LogP contribution < -0.4 is 5.32 Å². The molecule has 0 aliphatic rings. The lowest BCUT2D eigenvalue weighted by Gasteiger charge is -2.34. The van der Waals surface area contributed by atoms with Crippen molar-refractivity contribution in [2.45, 2.75) is 46.6 Å². The summed E-state index contributed by atoms with van der Waals surface area (Å²) in [5.74, 6) is -1.08. The fourth-order valence-corrected chi connectivity index (χ4v) is 2.37. The summed E-state index contributed by atoms with van der Waals surface area (Å²) >= 11 is 0. The minimum absolute atomic E-state index is 0.0177. The molecule has 0 heterocycles. The number of carbonyl (C=O) groups is 2. The van der Waals surface area contributed by atoms with Crippen LogP contribution in [-0.2, 0) is 16.0 Å². The highest BCUT2D eigenvalue weighted by Gasteiger charge is 2.42. The maximum atomic E-state index is 12.0. The van der Waals surface area contributed by atoms with E-state index in [1.807, 2.05) is 44.2 Å². The van der Waals surface area contributed by atoms with Gasteiger partial charge in [0.2, 0.25) is 0 Å². The van der Waals surface area contributed by atoms with Crippen molar-refractivity contribution >= 4 is 12.1 Å². The van der Waals surface area contributed by atoms with Gasteiger partial charge in [-0.15, -0.1) is 0 Å². The van der Waals surface area contributed by atoms with E-state index in [2.05, 4.69) is 5.32 Å². The van der Waals surface area contributed by atoms with E-state index in [9.17, 15) is 14.7 Å². The molecule has 1 rings (SSSR count). The van der Waals surface area contributed by atoms with E-state index in [4.69, 9.17) is 4.74 Å². The van der Waals surface area contributed by atoms with Crippen molar-refractivity contribution in [3.05, 3.63) is 35.9 Å². The fourth-order valence-electron chi connectivity index (χ4n) is 2.37. The predicted molar refractivity (Wildman–Crippen MR) is 89.3 cm³/mol. The van der Waals surface area contributed by atoms with Gasteiger partial charge in [0, 0.05) is 6.54 Å². The molecule has 0 bridgehead atoms. The molecule has 1 aromatic rings. The highest BCUT2D eigenvalue weighted by Crippen LogP contribution is 2.32. The van der Waals surface area contributed by atoms with E-state index in [1.54, 1.807) is 20.8 Å². The molecule has 0 saturated heterocycles. The lowest BCUT2D eigenvalue weighted by Crippen LogP contribution is -2.49. The summed E-state index contributed by atoms with van der Waals surface area (Å²) in [4.78, 5) is 23.8. The Morgan fingerprint density at radius 2 is 1.74 bits per heavy atom. The van der Waals surface area contributed by atoms with Crippen LogP contribution in [0.4, 0.5) is 4.79 Å². The largest absolute Gasteiger partial charge is 0.481 e. The number of hydrogen-bond donors (Lipinski definition) is 2. The summed E-state index contributed by atoms with van der Waals surface area (Å²) in [6.07, 6.45) is -0.256. The molecule has 23 heavy (non-hydrogen) atoms. The molecule has 1 atom stereocenters. The zero-order chi connectivity index (χ0) is 17.7. The Balaban J connectivity index is 2.92. The summed E-state index contributed by atoms with van der Waals surface area (Å²) in [7, 11) is 0. The number of aliphatic carboxylic acids is 1. The summed E-state index contributed by atoms with van der Waals surface area (Å²) in [5.41, 5.74) is -0.777. The second-order valence-corrected chi connectivity index (χ2v) is 7.13. The van der Waals surface area contributed by atoms with Crippen molar-refractivity contribution in [2.24, 2.45) is 11.3 Å². The molecule has 0 aromatic heterocycles. The molecule has 0 saturated carbocycles. The average molecular weight is 321 g/mol. The number of amides is 1. The van der Waals surface area contributed by atoms with Gasteiger partial charge in [-0.1, -0.05) is 44.2 Å². The van der Waals surface area contributed by atoms with Gasteiger partial charge in [-0.05, 0) is 38.7 Å². The van der Waals surface area contributed by atoms with Gasteiger partial charge in [-0.25, -0.2) is 4.79 Å². The van der Waals surface area contributed by atoms with E-state index in [0.717, 1.165) is 5.56 Å². The number of alkyl carbamates (subject to hydrolysis) is 1. The number of carbonyl (C=O) groups excluding carboxylic acids is 1. The zero-order valence-electron chi connectivity index (χ0n) is 14.6. The van der Waals surface area contributed by atoms with Crippen molar-refractivity contribution in [1.82, 2.24) is 5.32 Å². The molecule has 1 unspecified atom stereocenters. The first-order chi connectivity index (χ1) is 10.6. The first-order valence-electron chi connectivity index (χ1n) is 7.81. The number of ether oxygens (including phenoxy) is 1. The predicted octanol–water partition coefficient (Wildman–Crippen LogP) is 3.48. The SMILES string of the molecule is CC(C)C(CNC(=O)OC(C)(C)C)(Cc1ccccc1)C(=O)O. The second kappa shape index (κ2) is 7.49. The van der Waals surface area contributed by atoms with Crippen molar-refractivity contribution in [2.75, 3.05) is 6.54 Å². The standard InChI is InChI=1S/C18H27NO4/c1-13(2)18(15(20)21,11-14-9-7-6-8-10-14)12-19-16(22)23-17(3,4)5/h6-10,13H,11-12H2,1-5H3,(H,19,22)(H,20,21). The lowest BCUT2D eigenvalue weighted by molar-refractivity contribution is -0.151. The average Bonchev–Trinajstić information content (AvgIpc) is 2.42. The molecule has 0 radical (unpaired) electrons. The van der Waals surface area contributed by atoms with E-state index < -0.39 is 23.1 Å². The number of carboxylic acid groups (broad SMARTS) is 1. The Labute approximate surface area is 138 Å².